The smallest absolute Gasteiger partial charge is 0.219 e. The second-order valence-corrected chi connectivity index (χ2v) is 4.49. The van der Waals surface area contributed by atoms with Crippen LogP contribution in [0.1, 0.15) is 6.42 Å². The highest BCUT2D eigenvalue weighted by Crippen LogP contribution is 2.22. The maximum atomic E-state index is 11.4. The number of ketones is 1. The Bertz CT molecular complexity index is 405. The highest BCUT2D eigenvalue weighted by Gasteiger charge is 2.30. The summed E-state index contributed by atoms with van der Waals surface area (Å²) in [4.78, 5) is 21.9. The van der Waals surface area contributed by atoms with Gasteiger partial charge in [0.25, 0.3) is 0 Å². The van der Waals surface area contributed by atoms with E-state index in [2.05, 4.69) is 21.4 Å². The van der Waals surface area contributed by atoms with Gasteiger partial charge in [0.15, 0.2) is 6.29 Å². The monoisotopic (exact) mass is 282 g/mol. The first kappa shape index (κ1) is 11.3. The van der Waals surface area contributed by atoms with Crippen molar-refractivity contribution in [1.29, 1.82) is 0 Å². The Labute approximate surface area is 102 Å². The van der Waals surface area contributed by atoms with Crippen LogP contribution in [-0.2, 0) is 9.59 Å². The molecule has 1 fully saturated rings. The molecule has 0 saturated carbocycles. The number of nitrogens with one attached hydrogen (secondary N) is 1. The highest BCUT2D eigenvalue weighted by atomic mass is 79.9. The van der Waals surface area contributed by atoms with Gasteiger partial charge in [-0.2, -0.15) is 0 Å². The number of nitrogens with zero attached hydrogens (tertiary/aromatic N) is 1. The van der Waals surface area contributed by atoms with Crippen molar-refractivity contribution in [2.24, 2.45) is 0 Å². The summed E-state index contributed by atoms with van der Waals surface area (Å²) in [5.41, 5.74) is 3.99. The summed E-state index contributed by atoms with van der Waals surface area (Å²) in [5, 5.41) is 1.75. The Morgan fingerprint density at radius 2 is 2.12 bits per heavy atom. The zero-order valence-electron chi connectivity index (χ0n) is 8.52. The molecule has 1 unspecified atom stereocenters. The molecule has 1 heterocycles. The van der Waals surface area contributed by atoms with Crippen LogP contribution < -0.4 is 10.4 Å². The number of hydrogen-bond acceptors (Lipinski definition) is 4. The lowest BCUT2D eigenvalue weighted by atomic mass is 10.1. The largest absolute Gasteiger partial charge is 0.297 e. The van der Waals surface area contributed by atoms with Crippen LogP contribution in [-0.4, -0.2) is 24.7 Å². The zero-order valence-corrected chi connectivity index (χ0v) is 10.1. The molecule has 2 rings (SSSR count). The Balaban J connectivity index is 2.22. The number of halogens is 1. The molecule has 1 N–H and O–H groups in total. The fourth-order valence-corrected chi connectivity index (χ4v) is 2.05. The second-order valence-electron chi connectivity index (χ2n) is 3.58. The van der Waals surface area contributed by atoms with Gasteiger partial charge in [-0.25, -0.2) is 5.43 Å². The van der Waals surface area contributed by atoms with Crippen molar-refractivity contribution in [3.63, 3.8) is 0 Å². The number of Topliss-reactive ketones (excluding diaryl/α,β-unsaturated/α-hetero) is 1. The van der Waals surface area contributed by atoms with E-state index in [1.165, 1.54) is 0 Å². The number of benzene rings is 1. The molecule has 0 aromatic heterocycles. The number of carbonyl (C=O) groups is 2. The van der Waals surface area contributed by atoms with E-state index in [1.54, 1.807) is 5.01 Å². The molecule has 84 valence electrons. The van der Waals surface area contributed by atoms with Crippen LogP contribution in [0.5, 0.6) is 0 Å². The average Bonchev–Trinajstić information content (AvgIpc) is 2.78. The molecule has 5 heteroatoms. The van der Waals surface area contributed by atoms with Gasteiger partial charge >= 0.3 is 0 Å². The topological polar surface area (TPSA) is 49.4 Å². The fraction of sp³-hybridized carbons (Fsp3) is 0.273. The van der Waals surface area contributed by atoms with Crippen molar-refractivity contribution >= 4 is 33.7 Å². The number of rotatable bonds is 3. The molecular formula is C11H11BrN2O2. The Morgan fingerprint density at radius 3 is 2.75 bits per heavy atom. The van der Waals surface area contributed by atoms with Gasteiger partial charge in [-0.05, 0) is 30.7 Å². The molecule has 0 spiro atoms. The van der Waals surface area contributed by atoms with Crippen molar-refractivity contribution in [2.45, 2.75) is 12.5 Å². The molecule has 4 nitrogen and oxygen atoms in total. The summed E-state index contributed by atoms with van der Waals surface area (Å²) < 4.78 is 0.980. The normalized spacial score (nSPS) is 19.8. The van der Waals surface area contributed by atoms with Crippen LogP contribution in [0.4, 0.5) is 5.69 Å². The number of carbonyl (C=O) groups excluding carboxylic acids is 2. The molecule has 1 aliphatic rings. The summed E-state index contributed by atoms with van der Waals surface area (Å²) in [7, 11) is 0. The second kappa shape index (κ2) is 4.76. The van der Waals surface area contributed by atoms with Crippen molar-refractivity contribution in [3.05, 3.63) is 28.7 Å². The van der Waals surface area contributed by atoms with Crippen molar-refractivity contribution in [1.82, 2.24) is 5.43 Å². The van der Waals surface area contributed by atoms with Crippen molar-refractivity contribution in [2.75, 3.05) is 11.6 Å². The fourth-order valence-electron chi connectivity index (χ4n) is 1.78. The third kappa shape index (κ3) is 2.15. The van der Waals surface area contributed by atoms with Gasteiger partial charge in [-0.3, -0.25) is 14.6 Å². The summed E-state index contributed by atoms with van der Waals surface area (Å²) in [6.07, 6.45) is 1.05. The number of hydrazine groups is 1. The number of anilines is 1. The minimum Gasteiger partial charge on any atom is -0.297 e. The van der Waals surface area contributed by atoms with Gasteiger partial charge < -0.3 is 0 Å². The van der Waals surface area contributed by atoms with E-state index in [9.17, 15) is 9.59 Å². The van der Waals surface area contributed by atoms with Gasteiger partial charge in [-0.15, -0.1) is 0 Å². The van der Waals surface area contributed by atoms with Gasteiger partial charge in [0.2, 0.25) is 5.78 Å². The van der Waals surface area contributed by atoms with Gasteiger partial charge in [0.05, 0.1) is 5.69 Å². The first-order valence-electron chi connectivity index (χ1n) is 4.99. The van der Waals surface area contributed by atoms with Crippen LogP contribution in [0, 0.1) is 0 Å². The lowest BCUT2D eigenvalue weighted by Gasteiger charge is -2.23. The number of aldehydes is 1. The summed E-state index contributed by atoms with van der Waals surface area (Å²) in [6, 6.07) is 7.22. The van der Waals surface area contributed by atoms with E-state index in [-0.39, 0.29) is 11.8 Å². The van der Waals surface area contributed by atoms with Gasteiger partial charge in [0.1, 0.15) is 6.04 Å². The van der Waals surface area contributed by atoms with Gasteiger partial charge in [-0.1, -0.05) is 15.9 Å². The molecule has 1 aromatic rings. The lowest BCUT2D eigenvalue weighted by molar-refractivity contribution is -0.130. The number of hydrogen-bond donors (Lipinski definition) is 1. The van der Waals surface area contributed by atoms with Crippen LogP contribution in [0.2, 0.25) is 0 Å². The summed E-state index contributed by atoms with van der Waals surface area (Å²) >= 11 is 3.35. The molecule has 0 bridgehead atoms. The predicted molar refractivity (Wildman–Crippen MR) is 64.1 cm³/mol. The maximum absolute atomic E-state index is 11.4. The molecule has 16 heavy (non-hydrogen) atoms. The first-order valence-corrected chi connectivity index (χ1v) is 5.79. The standard InChI is InChI=1S/C11H11BrN2O2/c12-8-1-3-9(4-2-8)14-10(5-6-13-14)11(16)7-15/h1-4,7,10,13H,5-6H2. The van der Waals surface area contributed by atoms with Crippen LogP contribution in [0.3, 0.4) is 0 Å². The molecular weight excluding hydrogens is 272 g/mol. The van der Waals surface area contributed by atoms with Crippen LogP contribution >= 0.6 is 15.9 Å². The predicted octanol–water partition coefficient (Wildman–Crippen LogP) is 1.30. The minimum absolute atomic E-state index is 0.376. The SMILES string of the molecule is O=CC(=O)C1CCNN1c1ccc(Br)cc1. The zero-order chi connectivity index (χ0) is 11.5. The molecule has 0 amide bonds. The molecule has 0 aliphatic carbocycles. The third-order valence-electron chi connectivity index (χ3n) is 2.56. The van der Waals surface area contributed by atoms with Gasteiger partial charge in [0, 0.05) is 11.0 Å². The van der Waals surface area contributed by atoms with E-state index in [0.717, 1.165) is 10.2 Å². The molecule has 1 aliphatic heterocycles. The Hall–Kier alpha value is -1.20. The molecule has 0 radical (unpaired) electrons. The summed E-state index contributed by atoms with van der Waals surface area (Å²) in [6.45, 7) is 0.709. The highest BCUT2D eigenvalue weighted by molar-refractivity contribution is 9.10. The van der Waals surface area contributed by atoms with Crippen molar-refractivity contribution < 1.29 is 9.59 Å². The van der Waals surface area contributed by atoms with E-state index in [0.29, 0.717) is 19.3 Å². The van der Waals surface area contributed by atoms with E-state index < -0.39 is 0 Å². The molecule has 1 aromatic carbocycles. The van der Waals surface area contributed by atoms with E-state index in [1.807, 2.05) is 24.3 Å². The van der Waals surface area contributed by atoms with Crippen LogP contribution in [0.25, 0.3) is 0 Å². The maximum Gasteiger partial charge on any atom is 0.219 e. The Morgan fingerprint density at radius 1 is 1.44 bits per heavy atom. The van der Waals surface area contributed by atoms with E-state index in [4.69, 9.17) is 0 Å². The quantitative estimate of drug-likeness (QED) is 0.671. The van der Waals surface area contributed by atoms with E-state index >= 15 is 0 Å². The minimum atomic E-state index is -0.382. The van der Waals surface area contributed by atoms with Crippen LogP contribution in [0.15, 0.2) is 28.7 Å². The lowest BCUT2D eigenvalue weighted by Crippen LogP contribution is -2.42. The molecule has 1 saturated heterocycles. The average molecular weight is 283 g/mol. The Kier molecular flexibility index (Phi) is 3.36. The molecule has 1 atom stereocenters. The first-order chi connectivity index (χ1) is 7.72. The third-order valence-corrected chi connectivity index (χ3v) is 3.09. The van der Waals surface area contributed by atoms with Crippen molar-refractivity contribution in [3.8, 4) is 0 Å². The summed E-state index contributed by atoms with van der Waals surface area (Å²) in [5.74, 6) is -0.382.